The number of hydrogen-bond donors (Lipinski definition) is 2. The summed E-state index contributed by atoms with van der Waals surface area (Å²) in [4.78, 5) is 11.1. The monoisotopic (exact) mass is 217 g/mol. The molecule has 0 bridgehead atoms. The van der Waals surface area contributed by atoms with Crippen molar-refractivity contribution >= 4 is 29.9 Å². The lowest BCUT2D eigenvalue weighted by atomic mass is 10.4. The van der Waals surface area contributed by atoms with Crippen molar-refractivity contribution in [2.24, 2.45) is 0 Å². The molecule has 0 saturated carbocycles. The van der Waals surface area contributed by atoms with Crippen LogP contribution in [0.4, 0.5) is 0 Å². The standard InChI is InChI=1S/C7H11N3OS2/c1-4(12)7(11)8-3-6-10-9-5(2)13-6/h4,12H,3H2,1-2H3,(H,8,11). The second kappa shape index (κ2) is 4.57. The predicted octanol–water partition coefficient (Wildman–Crippen LogP) is 0.781. The minimum Gasteiger partial charge on any atom is -0.349 e. The minimum absolute atomic E-state index is 0.0869. The van der Waals surface area contributed by atoms with Crippen molar-refractivity contribution in [1.29, 1.82) is 0 Å². The average Bonchev–Trinajstić information content (AvgIpc) is 2.47. The molecule has 1 amide bonds. The van der Waals surface area contributed by atoms with Gasteiger partial charge in [-0.1, -0.05) is 11.3 Å². The summed E-state index contributed by atoms with van der Waals surface area (Å²) in [6, 6.07) is 0. The van der Waals surface area contributed by atoms with Crippen LogP contribution in [-0.4, -0.2) is 21.4 Å². The van der Waals surface area contributed by atoms with Gasteiger partial charge in [-0.3, -0.25) is 4.79 Å². The average molecular weight is 217 g/mol. The number of nitrogens with one attached hydrogen (secondary N) is 1. The normalized spacial score (nSPS) is 12.5. The zero-order valence-electron chi connectivity index (χ0n) is 7.44. The topological polar surface area (TPSA) is 54.9 Å². The van der Waals surface area contributed by atoms with E-state index in [4.69, 9.17) is 0 Å². The number of hydrogen-bond acceptors (Lipinski definition) is 5. The summed E-state index contributed by atoms with van der Waals surface area (Å²) in [6.45, 7) is 4.04. The SMILES string of the molecule is Cc1nnc(CNC(=O)C(C)S)s1. The van der Waals surface area contributed by atoms with Gasteiger partial charge in [0, 0.05) is 0 Å². The van der Waals surface area contributed by atoms with Crippen molar-refractivity contribution in [1.82, 2.24) is 15.5 Å². The van der Waals surface area contributed by atoms with Gasteiger partial charge in [-0.25, -0.2) is 0 Å². The van der Waals surface area contributed by atoms with Crippen LogP contribution in [0.25, 0.3) is 0 Å². The van der Waals surface area contributed by atoms with E-state index in [0.29, 0.717) is 6.54 Å². The zero-order valence-corrected chi connectivity index (χ0v) is 9.15. The number of aromatic nitrogens is 2. The van der Waals surface area contributed by atoms with Gasteiger partial charge in [0.15, 0.2) is 0 Å². The molecule has 1 heterocycles. The maximum atomic E-state index is 11.1. The number of amides is 1. The first kappa shape index (κ1) is 10.5. The van der Waals surface area contributed by atoms with Crippen LogP contribution in [-0.2, 0) is 11.3 Å². The molecule has 0 spiro atoms. The molecule has 4 nitrogen and oxygen atoms in total. The molecule has 0 aliphatic carbocycles. The van der Waals surface area contributed by atoms with E-state index in [1.807, 2.05) is 6.92 Å². The van der Waals surface area contributed by atoms with Crippen LogP contribution >= 0.6 is 24.0 Å². The number of carbonyl (C=O) groups is 1. The first-order chi connectivity index (χ1) is 6.09. The van der Waals surface area contributed by atoms with E-state index in [9.17, 15) is 4.79 Å². The fourth-order valence-corrected chi connectivity index (χ4v) is 1.46. The van der Waals surface area contributed by atoms with Crippen LogP contribution in [0, 0.1) is 6.92 Å². The molecule has 0 saturated heterocycles. The highest BCUT2D eigenvalue weighted by Crippen LogP contribution is 2.07. The Morgan fingerprint density at radius 3 is 2.85 bits per heavy atom. The highest BCUT2D eigenvalue weighted by Gasteiger charge is 2.08. The first-order valence-electron chi connectivity index (χ1n) is 3.84. The molecule has 0 radical (unpaired) electrons. The van der Waals surface area contributed by atoms with E-state index in [-0.39, 0.29) is 11.2 Å². The number of nitrogens with zero attached hydrogens (tertiary/aromatic N) is 2. The van der Waals surface area contributed by atoms with Gasteiger partial charge in [-0.05, 0) is 13.8 Å². The fraction of sp³-hybridized carbons (Fsp3) is 0.571. The summed E-state index contributed by atoms with van der Waals surface area (Å²) in [5.74, 6) is -0.0869. The Hall–Kier alpha value is -0.620. The summed E-state index contributed by atoms with van der Waals surface area (Å²) in [5.41, 5.74) is 0. The summed E-state index contributed by atoms with van der Waals surface area (Å²) in [7, 11) is 0. The van der Waals surface area contributed by atoms with E-state index < -0.39 is 0 Å². The van der Waals surface area contributed by atoms with E-state index in [2.05, 4.69) is 28.1 Å². The first-order valence-corrected chi connectivity index (χ1v) is 5.17. The smallest absolute Gasteiger partial charge is 0.232 e. The van der Waals surface area contributed by atoms with Crippen LogP contribution in [0.1, 0.15) is 16.9 Å². The minimum atomic E-state index is -0.283. The summed E-state index contributed by atoms with van der Waals surface area (Å²) < 4.78 is 0. The Morgan fingerprint density at radius 2 is 2.38 bits per heavy atom. The molecule has 0 aliphatic rings. The third-order valence-corrected chi connectivity index (χ3v) is 2.43. The van der Waals surface area contributed by atoms with Crippen LogP contribution in [0.2, 0.25) is 0 Å². The number of carbonyl (C=O) groups excluding carboxylic acids is 1. The van der Waals surface area contributed by atoms with Gasteiger partial charge < -0.3 is 5.32 Å². The van der Waals surface area contributed by atoms with E-state index in [1.165, 1.54) is 11.3 Å². The molecular weight excluding hydrogens is 206 g/mol. The van der Waals surface area contributed by atoms with Gasteiger partial charge in [0.1, 0.15) is 10.0 Å². The summed E-state index contributed by atoms with van der Waals surface area (Å²) in [6.07, 6.45) is 0. The lowest BCUT2D eigenvalue weighted by Crippen LogP contribution is -2.29. The molecular formula is C7H11N3OS2. The molecule has 72 valence electrons. The van der Waals surface area contributed by atoms with Crippen LogP contribution in [0.15, 0.2) is 0 Å². The molecule has 1 unspecified atom stereocenters. The largest absolute Gasteiger partial charge is 0.349 e. The lowest BCUT2D eigenvalue weighted by molar-refractivity contribution is -0.120. The van der Waals surface area contributed by atoms with Gasteiger partial charge in [0.25, 0.3) is 0 Å². The van der Waals surface area contributed by atoms with Crippen molar-refractivity contribution < 1.29 is 4.79 Å². The van der Waals surface area contributed by atoms with E-state index in [1.54, 1.807) is 6.92 Å². The second-order valence-corrected chi connectivity index (χ2v) is 4.65. The van der Waals surface area contributed by atoms with Crippen molar-refractivity contribution in [3.63, 3.8) is 0 Å². The Bertz CT molecular complexity index is 298. The highest BCUT2D eigenvalue weighted by atomic mass is 32.1. The molecule has 0 fully saturated rings. The zero-order chi connectivity index (χ0) is 9.84. The van der Waals surface area contributed by atoms with Crippen LogP contribution in [0.3, 0.4) is 0 Å². The Morgan fingerprint density at radius 1 is 1.69 bits per heavy atom. The fourth-order valence-electron chi connectivity index (χ4n) is 0.719. The molecule has 1 aromatic heterocycles. The third-order valence-electron chi connectivity index (χ3n) is 1.36. The van der Waals surface area contributed by atoms with Crippen LogP contribution < -0.4 is 5.32 Å². The second-order valence-electron chi connectivity index (χ2n) is 2.61. The van der Waals surface area contributed by atoms with Crippen molar-refractivity contribution in [2.75, 3.05) is 0 Å². The Labute approximate surface area is 86.2 Å². The van der Waals surface area contributed by atoms with Crippen LogP contribution in [0.5, 0.6) is 0 Å². The molecule has 1 aromatic rings. The van der Waals surface area contributed by atoms with Gasteiger partial charge in [-0.2, -0.15) is 12.6 Å². The number of aryl methyl sites for hydroxylation is 1. The maximum absolute atomic E-state index is 11.1. The van der Waals surface area contributed by atoms with E-state index >= 15 is 0 Å². The quantitative estimate of drug-likeness (QED) is 0.736. The molecule has 6 heteroatoms. The van der Waals surface area contributed by atoms with Crippen molar-refractivity contribution in [3.05, 3.63) is 10.0 Å². The van der Waals surface area contributed by atoms with Gasteiger partial charge in [-0.15, -0.1) is 10.2 Å². The Kier molecular flexibility index (Phi) is 3.68. The molecule has 0 aromatic carbocycles. The molecule has 0 aliphatic heterocycles. The lowest BCUT2D eigenvalue weighted by Gasteiger charge is -2.03. The molecule has 1 rings (SSSR count). The predicted molar refractivity (Wildman–Crippen MR) is 54.9 cm³/mol. The number of rotatable bonds is 3. The van der Waals surface area contributed by atoms with Gasteiger partial charge >= 0.3 is 0 Å². The maximum Gasteiger partial charge on any atom is 0.232 e. The van der Waals surface area contributed by atoms with Crippen molar-refractivity contribution in [3.8, 4) is 0 Å². The third kappa shape index (κ3) is 3.31. The summed E-state index contributed by atoms with van der Waals surface area (Å²) >= 11 is 5.48. The molecule has 1 atom stereocenters. The van der Waals surface area contributed by atoms with Crippen molar-refractivity contribution in [2.45, 2.75) is 25.6 Å². The van der Waals surface area contributed by atoms with Gasteiger partial charge in [0.2, 0.25) is 5.91 Å². The molecule has 13 heavy (non-hydrogen) atoms. The molecule has 1 N–H and O–H groups in total. The van der Waals surface area contributed by atoms with Gasteiger partial charge in [0.05, 0.1) is 11.8 Å². The number of thiol groups is 1. The summed E-state index contributed by atoms with van der Waals surface area (Å²) in [5, 5.41) is 11.9. The Balaban J connectivity index is 2.39. The highest BCUT2D eigenvalue weighted by molar-refractivity contribution is 7.81. The van der Waals surface area contributed by atoms with E-state index in [0.717, 1.165) is 10.0 Å².